The van der Waals surface area contributed by atoms with Gasteiger partial charge in [0.2, 0.25) is 0 Å². The summed E-state index contributed by atoms with van der Waals surface area (Å²) in [6.07, 6.45) is 2.22. The lowest BCUT2D eigenvalue weighted by Gasteiger charge is -2.23. The molecule has 0 bridgehead atoms. The van der Waals surface area contributed by atoms with E-state index in [1.807, 2.05) is 30.3 Å². The van der Waals surface area contributed by atoms with E-state index in [1.54, 1.807) is 20.3 Å². The first-order valence-corrected chi connectivity index (χ1v) is 17.0. The van der Waals surface area contributed by atoms with Gasteiger partial charge in [0.1, 0.15) is 49.4 Å². The van der Waals surface area contributed by atoms with Crippen LogP contribution < -0.4 is 18.9 Å². The highest BCUT2D eigenvalue weighted by molar-refractivity contribution is 6.28. The summed E-state index contributed by atoms with van der Waals surface area (Å²) in [6, 6.07) is 27.1. The third-order valence-electron chi connectivity index (χ3n) is 8.96. The Morgan fingerprint density at radius 2 is 1.02 bits per heavy atom. The Hall–Kier alpha value is -6.02. The van der Waals surface area contributed by atoms with E-state index >= 15 is 0 Å². The normalized spacial score (nSPS) is 11.4. The Labute approximate surface area is 303 Å². The Balaban J connectivity index is 1.57. The van der Waals surface area contributed by atoms with Gasteiger partial charge in [-0.3, -0.25) is 0 Å². The summed E-state index contributed by atoms with van der Waals surface area (Å²) in [5, 5.41) is 6.78. The fourth-order valence-electron chi connectivity index (χ4n) is 6.40. The molecule has 0 amide bonds. The second kappa shape index (κ2) is 15.1. The molecule has 0 unspecified atom stereocenters. The van der Waals surface area contributed by atoms with E-state index in [4.69, 9.17) is 28.4 Å². The fraction of sp³-hybridized carbons (Fsp3) is 0.227. The second-order valence-electron chi connectivity index (χ2n) is 13.4. The van der Waals surface area contributed by atoms with Crippen molar-refractivity contribution in [3.63, 3.8) is 0 Å². The van der Waals surface area contributed by atoms with Crippen molar-refractivity contribution in [2.24, 2.45) is 0 Å². The van der Waals surface area contributed by atoms with Gasteiger partial charge in [-0.15, -0.1) is 0 Å². The van der Waals surface area contributed by atoms with Crippen molar-refractivity contribution in [3.8, 4) is 45.3 Å². The highest BCUT2D eigenvalue weighted by atomic mass is 16.6. The third kappa shape index (κ3) is 7.51. The molecule has 8 nitrogen and oxygen atoms in total. The Morgan fingerprint density at radius 3 is 1.44 bits per heavy atom. The molecule has 0 aliphatic heterocycles. The first-order chi connectivity index (χ1) is 25.0. The summed E-state index contributed by atoms with van der Waals surface area (Å²) in [5.41, 5.74) is 4.95. The van der Waals surface area contributed by atoms with Crippen LogP contribution in [0, 0.1) is 0 Å². The van der Waals surface area contributed by atoms with Gasteiger partial charge in [-0.25, -0.2) is 9.59 Å². The molecule has 0 heterocycles. The van der Waals surface area contributed by atoms with Gasteiger partial charge in [-0.05, 0) is 95.9 Å². The first-order valence-electron chi connectivity index (χ1n) is 17.0. The number of benzene rings is 6. The quantitative estimate of drug-likeness (QED) is 0.0481. The molecule has 0 aromatic heterocycles. The zero-order valence-electron chi connectivity index (χ0n) is 30.2. The van der Waals surface area contributed by atoms with Crippen LogP contribution in [0.15, 0.2) is 104 Å². The minimum atomic E-state index is -0.527. The monoisotopic (exact) mass is 698 g/mol. The maximum atomic E-state index is 11.6. The van der Waals surface area contributed by atoms with Gasteiger partial charge in [0.25, 0.3) is 0 Å². The predicted molar refractivity (Wildman–Crippen MR) is 206 cm³/mol. The summed E-state index contributed by atoms with van der Waals surface area (Å²) in [6.45, 7) is 13.9. The van der Waals surface area contributed by atoms with Crippen LogP contribution in [0.25, 0.3) is 54.6 Å². The molecule has 0 fully saturated rings. The topological polar surface area (TPSA) is 89.5 Å². The van der Waals surface area contributed by atoms with E-state index in [0.717, 1.165) is 61.3 Å². The zero-order valence-corrected chi connectivity index (χ0v) is 30.2. The van der Waals surface area contributed by atoms with Gasteiger partial charge in [0.15, 0.2) is 0 Å². The summed E-state index contributed by atoms with van der Waals surface area (Å²) in [5.74, 6) is 1.32. The number of esters is 2. The Bertz CT molecular complexity index is 2210. The molecule has 6 rings (SSSR count). The minimum Gasteiger partial charge on any atom is -0.497 e. The maximum absolute atomic E-state index is 11.6. The molecule has 0 N–H and O–H groups in total. The summed E-state index contributed by atoms with van der Waals surface area (Å²) in [7, 11) is 3.29. The number of carbonyl (C=O) groups excluding carboxylic acids is 2. The lowest BCUT2D eigenvalue weighted by Crippen LogP contribution is -2.11. The van der Waals surface area contributed by atoms with E-state index in [-0.39, 0.29) is 31.8 Å². The van der Waals surface area contributed by atoms with Crippen molar-refractivity contribution in [1.29, 1.82) is 0 Å². The average molecular weight is 699 g/mol. The van der Waals surface area contributed by atoms with E-state index in [2.05, 4.69) is 76.4 Å². The molecule has 0 aliphatic rings. The highest BCUT2D eigenvalue weighted by Gasteiger charge is 2.21. The molecule has 0 radical (unpaired) electrons. The van der Waals surface area contributed by atoms with Crippen molar-refractivity contribution in [3.05, 3.63) is 110 Å². The Kier molecular flexibility index (Phi) is 10.4. The van der Waals surface area contributed by atoms with Crippen molar-refractivity contribution >= 4 is 44.3 Å². The van der Waals surface area contributed by atoms with Crippen LogP contribution in [0.1, 0.15) is 26.3 Å². The van der Waals surface area contributed by atoms with Crippen molar-refractivity contribution in [2.45, 2.75) is 26.2 Å². The van der Waals surface area contributed by atoms with Crippen LogP contribution in [0.3, 0.4) is 0 Å². The van der Waals surface area contributed by atoms with Crippen LogP contribution in [0.4, 0.5) is 0 Å². The number of ether oxygens (including phenoxy) is 6. The van der Waals surface area contributed by atoms with Crippen LogP contribution >= 0.6 is 0 Å². The third-order valence-corrected chi connectivity index (χ3v) is 8.96. The zero-order chi connectivity index (χ0) is 37.0. The summed E-state index contributed by atoms with van der Waals surface area (Å²) < 4.78 is 33.8. The van der Waals surface area contributed by atoms with Crippen molar-refractivity contribution in [2.75, 3.05) is 40.6 Å². The van der Waals surface area contributed by atoms with Crippen LogP contribution in [-0.2, 0) is 24.5 Å². The lowest BCUT2D eigenvalue weighted by molar-refractivity contribution is -0.139. The van der Waals surface area contributed by atoms with Gasteiger partial charge in [-0.2, -0.15) is 0 Å². The van der Waals surface area contributed by atoms with E-state index in [9.17, 15) is 9.59 Å². The number of methoxy groups -OCH3 is 2. The largest absolute Gasteiger partial charge is 0.497 e. The SMILES string of the molecule is C=CC(=O)OCCOc1cc(OCCOC(=O)C=C)cc(-c2cc(-c3cc(OC)cc(OC)c3)c3ccc4cc(C(C)(C)C)cc5ccc2c3c45)c1. The molecule has 6 aromatic rings. The number of carbonyl (C=O) groups is 2. The van der Waals surface area contributed by atoms with E-state index in [0.29, 0.717) is 23.0 Å². The molecule has 266 valence electrons. The van der Waals surface area contributed by atoms with Gasteiger partial charge in [0.05, 0.1) is 14.2 Å². The highest BCUT2D eigenvalue weighted by Crippen LogP contribution is 2.46. The van der Waals surface area contributed by atoms with Gasteiger partial charge in [0, 0.05) is 24.3 Å². The predicted octanol–water partition coefficient (Wildman–Crippen LogP) is 9.45. The molecule has 52 heavy (non-hydrogen) atoms. The maximum Gasteiger partial charge on any atom is 0.330 e. The first kappa shape index (κ1) is 35.8. The molecule has 0 spiro atoms. The molecule has 0 atom stereocenters. The van der Waals surface area contributed by atoms with E-state index < -0.39 is 11.9 Å². The fourth-order valence-corrected chi connectivity index (χ4v) is 6.40. The molecular formula is C44H42O8. The molecular weight excluding hydrogens is 656 g/mol. The van der Waals surface area contributed by atoms with Gasteiger partial charge >= 0.3 is 11.9 Å². The summed E-state index contributed by atoms with van der Waals surface area (Å²) >= 11 is 0. The minimum absolute atomic E-state index is 0.0250. The average Bonchev–Trinajstić information content (AvgIpc) is 3.15. The van der Waals surface area contributed by atoms with Crippen molar-refractivity contribution in [1.82, 2.24) is 0 Å². The number of rotatable bonds is 14. The summed E-state index contributed by atoms with van der Waals surface area (Å²) in [4.78, 5) is 23.3. The lowest BCUT2D eigenvalue weighted by atomic mass is 9.81. The Morgan fingerprint density at radius 1 is 0.577 bits per heavy atom. The second-order valence-corrected chi connectivity index (χ2v) is 13.4. The van der Waals surface area contributed by atoms with Crippen LogP contribution in [-0.4, -0.2) is 52.6 Å². The van der Waals surface area contributed by atoms with Gasteiger partial charge in [-0.1, -0.05) is 70.3 Å². The van der Waals surface area contributed by atoms with Crippen LogP contribution in [0.2, 0.25) is 0 Å². The smallest absolute Gasteiger partial charge is 0.330 e. The molecule has 0 saturated heterocycles. The van der Waals surface area contributed by atoms with Crippen LogP contribution in [0.5, 0.6) is 23.0 Å². The standard InChI is InChI=1S/C44H42O8/c1-8-40(45)51-16-14-49-34-22-30(23-35(25-34)50-15-17-52-41(46)9-2)39-26-38(29-20-32(47-6)24-33(21-29)48-7)36-12-10-27-18-31(44(3,4)5)19-28-11-13-37(39)43(36)42(27)28/h8-13,18-26H,1-2,14-17H2,3-7H3. The molecule has 6 aromatic carbocycles. The molecule has 0 aliphatic carbocycles. The molecule has 0 saturated carbocycles. The van der Waals surface area contributed by atoms with Gasteiger partial charge < -0.3 is 28.4 Å². The van der Waals surface area contributed by atoms with E-state index in [1.165, 1.54) is 10.9 Å². The van der Waals surface area contributed by atoms with Crippen molar-refractivity contribution < 1.29 is 38.0 Å². The molecule has 8 heteroatoms. The number of hydrogen-bond acceptors (Lipinski definition) is 8. The number of hydrogen-bond donors (Lipinski definition) is 0.